The first-order valence-corrected chi connectivity index (χ1v) is 12.5. The maximum absolute atomic E-state index is 14.0. The van der Waals surface area contributed by atoms with Crippen molar-refractivity contribution in [2.24, 2.45) is 0 Å². The zero-order valence-electron chi connectivity index (χ0n) is 20.7. The first kappa shape index (κ1) is 26.6. The van der Waals surface area contributed by atoms with Crippen LogP contribution >= 0.6 is 12.4 Å². The molecule has 37 heavy (non-hydrogen) atoms. The van der Waals surface area contributed by atoms with E-state index in [0.717, 1.165) is 42.7 Å². The number of hydrogen-bond acceptors (Lipinski definition) is 3. The van der Waals surface area contributed by atoms with E-state index in [2.05, 4.69) is 54.7 Å². The van der Waals surface area contributed by atoms with Crippen LogP contribution in [0.2, 0.25) is 0 Å². The van der Waals surface area contributed by atoms with Crippen LogP contribution in [-0.4, -0.2) is 23.7 Å². The average Bonchev–Trinajstić information content (AvgIpc) is 2.90. The van der Waals surface area contributed by atoms with E-state index in [0.29, 0.717) is 0 Å². The lowest BCUT2D eigenvalue weighted by molar-refractivity contribution is 0.0691. The van der Waals surface area contributed by atoms with E-state index in [1.54, 1.807) is 6.07 Å². The molecule has 1 aliphatic rings. The number of carboxylic acid groups (broad SMARTS) is 1. The van der Waals surface area contributed by atoms with Gasteiger partial charge >= 0.3 is 5.97 Å². The topological polar surface area (TPSA) is 58.6 Å². The van der Waals surface area contributed by atoms with Crippen LogP contribution in [0.25, 0.3) is 10.8 Å². The number of carboxylic acids is 1. The summed E-state index contributed by atoms with van der Waals surface area (Å²) in [4.78, 5) is 11.5. The number of nitrogens with one attached hydrogen (secondary N) is 1. The molecule has 6 heteroatoms. The third-order valence-electron chi connectivity index (χ3n) is 7.15. The number of para-hydroxylation sites is 1. The molecule has 5 rings (SSSR count). The first-order valence-electron chi connectivity index (χ1n) is 12.5. The largest absolute Gasteiger partial charge is 0.490 e. The molecule has 2 N–H and O–H groups in total. The van der Waals surface area contributed by atoms with Gasteiger partial charge in [-0.15, -0.1) is 12.4 Å². The normalized spacial score (nSPS) is 17.4. The Bertz CT molecular complexity index is 1390. The minimum absolute atomic E-state index is 0. The Morgan fingerprint density at radius 2 is 1.81 bits per heavy atom. The fourth-order valence-electron chi connectivity index (χ4n) is 5.30. The Hall–Kier alpha value is -3.41. The predicted octanol–water partition coefficient (Wildman–Crippen LogP) is 7.51. The zero-order valence-corrected chi connectivity index (χ0v) is 21.5. The highest BCUT2D eigenvalue weighted by Crippen LogP contribution is 2.41. The van der Waals surface area contributed by atoms with E-state index < -0.39 is 11.8 Å². The van der Waals surface area contributed by atoms with Crippen molar-refractivity contribution in [1.29, 1.82) is 0 Å². The molecule has 0 radical (unpaired) electrons. The molecule has 0 unspecified atom stereocenters. The summed E-state index contributed by atoms with van der Waals surface area (Å²) in [6.07, 6.45) is 2.53. The fraction of sp³-hybridized carbons (Fsp3) is 0.258. The Balaban J connectivity index is 0.00000320. The highest BCUT2D eigenvalue weighted by Gasteiger charge is 2.30. The smallest absolute Gasteiger partial charge is 0.338 e. The zero-order chi connectivity index (χ0) is 25.1. The molecule has 0 aliphatic carbocycles. The quantitative estimate of drug-likeness (QED) is 0.236. The summed E-state index contributed by atoms with van der Waals surface area (Å²) < 4.78 is 20.3. The fourth-order valence-corrected chi connectivity index (χ4v) is 5.30. The van der Waals surface area contributed by atoms with Crippen LogP contribution < -0.4 is 10.1 Å². The summed E-state index contributed by atoms with van der Waals surface area (Å²) in [7, 11) is 0. The lowest BCUT2D eigenvalue weighted by Crippen LogP contribution is -2.28. The third-order valence-corrected chi connectivity index (χ3v) is 7.15. The van der Waals surface area contributed by atoms with Gasteiger partial charge in [-0.25, -0.2) is 9.18 Å². The Kier molecular flexibility index (Phi) is 8.47. The van der Waals surface area contributed by atoms with Crippen LogP contribution in [0.3, 0.4) is 0 Å². The van der Waals surface area contributed by atoms with Crippen LogP contribution in [0.5, 0.6) is 5.75 Å². The van der Waals surface area contributed by atoms with Crippen molar-refractivity contribution < 1.29 is 19.0 Å². The molecular formula is C31H31ClFNO3. The molecule has 192 valence electrons. The molecule has 0 fully saturated rings. The minimum Gasteiger partial charge on any atom is -0.490 e. The number of aromatic carboxylic acids is 1. The lowest BCUT2D eigenvalue weighted by atomic mass is 9.82. The van der Waals surface area contributed by atoms with E-state index in [9.17, 15) is 14.3 Å². The number of carbonyl (C=O) groups is 1. The summed E-state index contributed by atoms with van der Waals surface area (Å²) in [5.41, 5.74) is 2.82. The van der Waals surface area contributed by atoms with Crippen molar-refractivity contribution in [2.75, 3.05) is 6.54 Å². The number of rotatable bonds is 8. The van der Waals surface area contributed by atoms with Gasteiger partial charge in [0.2, 0.25) is 0 Å². The van der Waals surface area contributed by atoms with Gasteiger partial charge in [-0.3, -0.25) is 0 Å². The van der Waals surface area contributed by atoms with Crippen LogP contribution in [0.15, 0.2) is 84.9 Å². The van der Waals surface area contributed by atoms with Crippen LogP contribution in [0, 0.1) is 5.82 Å². The maximum atomic E-state index is 14.0. The minimum atomic E-state index is -1.25. The van der Waals surface area contributed by atoms with Crippen molar-refractivity contribution in [1.82, 2.24) is 5.32 Å². The van der Waals surface area contributed by atoms with Gasteiger partial charge in [0.05, 0.1) is 11.7 Å². The molecule has 0 saturated carbocycles. The Morgan fingerprint density at radius 3 is 2.65 bits per heavy atom. The van der Waals surface area contributed by atoms with Gasteiger partial charge < -0.3 is 15.2 Å². The van der Waals surface area contributed by atoms with E-state index >= 15 is 0 Å². The SMILES string of the molecule is C[C@@H](NCCC[C@H]1C[C@@H](c2ccc(F)c(C(=O)O)c2)c2ccccc2O1)c1cccc2ccccc12.Cl. The number of halogens is 2. The highest BCUT2D eigenvalue weighted by atomic mass is 35.5. The van der Waals surface area contributed by atoms with Crippen molar-refractivity contribution in [2.45, 2.75) is 44.2 Å². The second-order valence-corrected chi connectivity index (χ2v) is 9.50. The van der Waals surface area contributed by atoms with E-state index in [4.69, 9.17) is 4.74 Å². The summed E-state index contributed by atoms with van der Waals surface area (Å²) in [5, 5.41) is 15.6. The summed E-state index contributed by atoms with van der Waals surface area (Å²) >= 11 is 0. The average molecular weight is 520 g/mol. The highest BCUT2D eigenvalue weighted by molar-refractivity contribution is 5.88. The maximum Gasteiger partial charge on any atom is 0.338 e. The Morgan fingerprint density at radius 1 is 1.05 bits per heavy atom. The lowest BCUT2D eigenvalue weighted by Gasteiger charge is -2.33. The predicted molar refractivity (Wildman–Crippen MR) is 148 cm³/mol. The standard InChI is InChI=1S/C31H30FNO3.ClH/c1-20(24-13-6-9-21-8-2-3-11-25(21)24)33-17-7-10-23-19-27(26-12-4-5-14-30(26)36-23)22-15-16-29(32)28(18-22)31(34)35;/h2-6,8-9,11-16,18,20,23,27,33H,7,10,17,19H2,1H3,(H,34,35);1H/t20-,23+,27+;/m1./s1. The number of ether oxygens (including phenoxy) is 1. The number of benzene rings is 4. The molecule has 0 bridgehead atoms. The van der Waals surface area contributed by atoms with Gasteiger partial charge in [0.15, 0.2) is 0 Å². The molecule has 0 spiro atoms. The Labute approximate surface area is 222 Å². The summed E-state index contributed by atoms with van der Waals surface area (Å²) in [5.74, 6) is -1.19. The van der Waals surface area contributed by atoms with Crippen molar-refractivity contribution >= 4 is 29.1 Å². The second-order valence-electron chi connectivity index (χ2n) is 9.50. The third kappa shape index (κ3) is 5.79. The van der Waals surface area contributed by atoms with E-state index in [1.807, 2.05) is 24.3 Å². The second kappa shape index (κ2) is 11.8. The molecule has 4 aromatic carbocycles. The van der Waals surface area contributed by atoms with Gasteiger partial charge in [0.25, 0.3) is 0 Å². The molecule has 0 saturated heterocycles. The van der Waals surface area contributed by atoms with Crippen LogP contribution in [-0.2, 0) is 0 Å². The van der Waals surface area contributed by atoms with E-state index in [1.165, 1.54) is 28.5 Å². The molecule has 1 aliphatic heterocycles. The van der Waals surface area contributed by atoms with Crippen molar-refractivity contribution in [3.8, 4) is 5.75 Å². The molecule has 4 aromatic rings. The van der Waals surface area contributed by atoms with E-state index in [-0.39, 0.29) is 36.0 Å². The number of fused-ring (bicyclic) bond motifs is 2. The molecular weight excluding hydrogens is 489 g/mol. The number of hydrogen-bond donors (Lipinski definition) is 2. The molecule has 0 amide bonds. The van der Waals surface area contributed by atoms with Crippen LogP contribution in [0.4, 0.5) is 4.39 Å². The van der Waals surface area contributed by atoms with Gasteiger partial charge in [-0.05, 0) is 72.8 Å². The van der Waals surface area contributed by atoms with Gasteiger partial charge in [-0.1, -0.05) is 66.7 Å². The van der Waals surface area contributed by atoms with Crippen molar-refractivity contribution in [3.63, 3.8) is 0 Å². The summed E-state index contributed by atoms with van der Waals surface area (Å²) in [6.45, 7) is 3.05. The van der Waals surface area contributed by atoms with Gasteiger partial charge in [0.1, 0.15) is 11.6 Å². The molecule has 4 nitrogen and oxygen atoms in total. The molecule has 0 aromatic heterocycles. The molecule has 3 atom stereocenters. The van der Waals surface area contributed by atoms with Gasteiger partial charge in [-0.2, -0.15) is 0 Å². The van der Waals surface area contributed by atoms with Crippen LogP contribution in [0.1, 0.15) is 65.2 Å². The summed E-state index contributed by atoms with van der Waals surface area (Å²) in [6, 6.07) is 27.4. The molecule has 1 heterocycles. The van der Waals surface area contributed by atoms with Crippen molar-refractivity contribution in [3.05, 3.63) is 113 Å². The monoisotopic (exact) mass is 519 g/mol. The van der Waals surface area contributed by atoms with Gasteiger partial charge in [0, 0.05) is 17.5 Å². The first-order chi connectivity index (χ1) is 17.5.